The fourth-order valence-corrected chi connectivity index (χ4v) is 3.52. The van der Waals surface area contributed by atoms with Crippen molar-refractivity contribution in [2.24, 2.45) is 0 Å². The van der Waals surface area contributed by atoms with Crippen molar-refractivity contribution in [1.29, 1.82) is 5.26 Å². The number of ether oxygens (including phenoxy) is 1. The second kappa shape index (κ2) is 10.4. The first kappa shape index (κ1) is 24.8. The molecule has 1 atom stereocenters. The quantitative estimate of drug-likeness (QED) is 0.357. The number of aliphatic hydroxyl groups is 2. The van der Waals surface area contributed by atoms with E-state index in [1.54, 1.807) is 36.5 Å². The molecule has 176 valence electrons. The van der Waals surface area contributed by atoms with Crippen molar-refractivity contribution in [3.05, 3.63) is 89.6 Å². The number of benzene rings is 3. The van der Waals surface area contributed by atoms with Gasteiger partial charge in [0.15, 0.2) is 0 Å². The van der Waals surface area contributed by atoms with Crippen LogP contribution in [0, 0.1) is 11.3 Å². The molecule has 0 saturated carbocycles. The van der Waals surface area contributed by atoms with Crippen LogP contribution >= 0.6 is 0 Å². The SMILES string of the molecule is CC.N#Cc1cc(Oc2ccc(-n3cc(C(O)CO)c4ccccc43)cc2)ccc1C(F)(F)F. The maximum Gasteiger partial charge on any atom is 0.417 e. The molecule has 0 aliphatic rings. The first-order chi connectivity index (χ1) is 16.3. The van der Waals surface area contributed by atoms with Gasteiger partial charge < -0.3 is 19.5 Å². The minimum absolute atomic E-state index is 0.113. The predicted molar refractivity (Wildman–Crippen MR) is 123 cm³/mol. The lowest BCUT2D eigenvalue weighted by molar-refractivity contribution is -0.137. The highest BCUT2D eigenvalue weighted by molar-refractivity contribution is 5.86. The summed E-state index contributed by atoms with van der Waals surface area (Å²) in [6.45, 7) is 3.60. The van der Waals surface area contributed by atoms with Crippen LogP contribution in [0.15, 0.2) is 72.9 Å². The van der Waals surface area contributed by atoms with E-state index in [4.69, 9.17) is 10.00 Å². The van der Waals surface area contributed by atoms with Crippen LogP contribution in [0.3, 0.4) is 0 Å². The van der Waals surface area contributed by atoms with E-state index in [1.165, 1.54) is 6.07 Å². The molecule has 8 heteroatoms. The minimum atomic E-state index is -4.62. The first-order valence-corrected chi connectivity index (χ1v) is 10.6. The number of aliphatic hydroxyl groups excluding tert-OH is 2. The number of nitrogens with zero attached hydrogens (tertiary/aromatic N) is 2. The summed E-state index contributed by atoms with van der Waals surface area (Å²) < 4.78 is 46.4. The smallest absolute Gasteiger partial charge is 0.417 e. The minimum Gasteiger partial charge on any atom is -0.457 e. The van der Waals surface area contributed by atoms with Crippen molar-refractivity contribution < 1.29 is 28.1 Å². The van der Waals surface area contributed by atoms with Gasteiger partial charge in [0.1, 0.15) is 17.6 Å². The molecule has 1 heterocycles. The van der Waals surface area contributed by atoms with Gasteiger partial charge in [-0.2, -0.15) is 18.4 Å². The van der Waals surface area contributed by atoms with Crippen LogP contribution in [0.1, 0.15) is 36.6 Å². The monoisotopic (exact) mass is 468 g/mol. The van der Waals surface area contributed by atoms with Crippen LogP contribution in [0.2, 0.25) is 0 Å². The van der Waals surface area contributed by atoms with Crippen LogP contribution in [-0.4, -0.2) is 21.4 Å². The topological polar surface area (TPSA) is 78.4 Å². The number of halogens is 3. The molecule has 0 aliphatic heterocycles. The molecule has 0 fully saturated rings. The standard InChI is InChI=1S/C24H17F3N2O3.C2H6/c25-24(26,27)21-10-9-18(11-15(21)12-28)32-17-7-5-16(6-8-17)29-13-20(23(31)14-30)19-3-1-2-4-22(19)29;1-2/h1-11,13,23,30-31H,14H2;1-2H3. The summed E-state index contributed by atoms with van der Waals surface area (Å²) in [6, 6.07) is 18.9. The summed E-state index contributed by atoms with van der Waals surface area (Å²) in [5, 5.41) is 29.3. The molecule has 4 aromatic rings. The van der Waals surface area contributed by atoms with Crippen LogP contribution in [0.4, 0.5) is 13.2 Å². The van der Waals surface area contributed by atoms with E-state index in [1.807, 2.05) is 42.7 Å². The Bertz CT molecular complexity index is 1310. The summed E-state index contributed by atoms with van der Waals surface area (Å²) in [5.41, 5.74) is 0.667. The highest BCUT2D eigenvalue weighted by Crippen LogP contribution is 2.35. The molecule has 34 heavy (non-hydrogen) atoms. The second-order valence-corrected chi connectivity index (χ2v) is 7.08. The summed E-state index contributed by atoms with van der Waals surface area (Å²) in [4.78, 5) is 0. The summed E-state index contributed by atoms with van der Waals surface area (Å²) in [6.07, 6.45) is -3.89. The van der Waals surface area contributed by atoms with E-state index in [0.29, 0.717) is 11.3 Å². The Morgan fingerprint density at radius 3 is 2.26 bits per heavy atom. The van der Waals surface area contributed by atoms with E-state index in [9.17, 15) is 23.4 Å². The Morgan fingerprint density at radius 1 is 1.00 bits per heavy atom. The molecule has 0 spiro atoms. The fraction of sp³-hybridized carbons (Fsp3) is 0.192. The van der Waals surface area contributed by atoms with E-state index in [0.717, 1.165) is 28.7 Å². The van der Waals surface area contributed by atoms with Gasteiger partial charge in [-0.25, -0.2) is 0 Å². The van der Waals surface area contributed by atoms with Crippen molar-refractivity contribution in [1.82, 2.24) is 4.57 Å². The fourth-order valence-electron chi connectivity index (χ4n) is 3.52. The van der Waals surface area contributed by atoms with Crippen LogP contribution in [0.25, 0.3) is 16.6 Å². The lowest BCUT2D eigenvalue weighted by atomic mass is 10.1. The van der Waals surface area contributed by atoms with Crippen LogP contribution < -0.4 is 4.74 Å². The Kier molecular flexibility index (Phi) is 7.61. The largest absolute Gasteiger partial charge is 0.457 e. The molecule has 0 amide bonds. The molecule has 0 aliphatic carbocycles. The number of hydrogen-bond acceptors (Lipinski definition) is 4. The molecule has 5 nitrogen and oxygen atoms in total. The van der Waals surface area contributed by atoms with Gasteiger partial charge in [-0.15, -0.1) is 0 Å². The van der Waals surface area contributed by atoms with Crippen molar-refractivity contribution in [2.45, 2.75) is 26.1 Å². The average Bonchev–Trinajstić information content (AvgIpc) is 3.24. The lowest BCUT2D eigenvalue weighted by Crippen LogP contribution is -2.07. The van der Waals surface area contributed by atoms with Gasteiger partial charge >= 0.3 is 6.18 Å². The van der Waals surface area contributed by atoms with Crippen molar-refractivity contribution in [3.63, 3.8) is 0 Å². The number of hydrogen-bond donors (Lipinski definition) is 2. The van der Waals surface area contributed by atoms with Gasteiger partial charge in [-0.1, -0.05) is 32.0 Å². The van der Waals surface area contributed by atoms with Crippen LogP contribution in [-0.2, 0) is 6.18 Å². The number of nitriles is 1. The van der Waals surface area contributed by atoms with Crippen molar-refractivity contribution in [2.75, 3.05) is 6.61 Å². The lowest BCUT2D eigenvalue weighted by Gasteiger charge is -2.12. The molecular formula is C26H23F3N2O3. The van der Waals surface area contributed by atoms with E-state index < -0.39 is 30.0 Å². The van der Waals surface area contributed by atoms with E-state index in [-0.39, 0.29) is 5.75 Å². The Morgan fingerprint density at radius 2 is 1.65 bits per heavy atom. The molecular weight excluding hydrogens is 445 g/mol. The Balaban J connectivity index is 0.00000158. The molecule has 0 saturated heterocycles. The zero-order valence-electron chi connectivity index (χ0n) is 18.5. The molecule has 4 rings (SSSR count). The van der Waals surface area contributed by atoms with Gasteiger partial charge in [0, 0.05) is 22.8 Å². The van der Waals surface area contributed by atoms with Gasteiger partial charge in [-0.05, 0) is 48.5 Å². The maximum atomic E-state index is 13.0. The van der Waals surface area contributed by atoms with Crippen LogP contribution in [0.5, 0.6) is 11.5 Å². The van der Waals surface area contributed by atoms with Crippen molar-refractivity contribution >= 4 is 10.9 Å². The number of fused-ring (bicyclic) bond motifs is 1. The third kappa shape index (κ3) is 5.06. The number of para-hydroxylation sites is 1. The Hall–Kier alpha value is -3.80. The molecule has 2 N–H and O–H groups in total. The van der Waals surface area contributed by atoms with Gasteiger partial charge in [-0.3, -0.25) is 0 Å². The highest BCUT2D eigenvalue weighted by atomic mass is 19.4. The predicted octanol–water partition coefficient (Wildman–Crippen LogP) is 6.37. The van der Waals surface area contributed by atoms with E-state index in [2.05, 4.69) is 0 Å². The second-order valence-electron chi connectivity index (χ2n) is 7.08. The van der Waals surface area contributed by atoms with Crippen molar-refractivity contribution in [3.8, 4) is 23.3 Å². The summed E-state index contributed by atoms with van der Waals surface area (Å²) in [7, 11) is 0. The first-order valence-electron chi connectivity index (χ1n) is 10.6. The number of aromatic nitrogens is 1. The molecule has 3 aromatic carbocycles. The number of rotatable bonds is 5. The maximum absolute atomic E-state index is 13.0. The zero-order valence-corrected chi connectivity index (χ0v) is 18.5. The van der Waals surface area contributed by atoms with Gasteiger partial charge in [0.2, 0.25) is 0 Å². The molecule has 1 aromatic heterocycles. The number of alkyl halides is 3. The summed E-state index contributed by atoms with van der Waals surface area (Å²) in [5.74, 6) is 0.492. The molecule has 0 radical (unpaired) electrons. The highest BCUT2D eigenvalue weighted by Gasteiger charge is 2.33. The third-order valence-corrected chi connectivity index (χ3v) is 5.04. The third-order valence-electron chi connectivity index (χ3n) is 5.04. The average molecular weight is 468 g/mol. The van der Waals surface area contributed by atoms with Gasteiger partial charge in [0.05, 0.1) is 29.3 Å². The normalized spacial score (nSPS) is 11.9. The zero-order chi connectivity index (χ0) is 24.9. The summed E-state index contributed by atoms with van der Waals surface area (Å²) >= 11 is 0. The van der Waals surface area contributed by atoms with E-state index >= 15 is 0 Å². The molecule has 0 bridgehead atoms. The Labute approximate surface area is 194 Å². The molecule has 1 unspecified atom stereocenters. The van der Waals surface area contributed by atoms with Gasteiger partial charge in [0.25, 0.3) is 0 Å².